The Balaban J connectivity index is 2.07. The third-order valence-corrected chi connectivity index (χ3v) is 4.01. The van der Waals surface area contributed by atoms with Crippen LogP contribution in [0.2, 0.25) is 0 Å². The predicted molar refractivity (Wildman–Crippen MR) is 68.1 cm³/mol. The highest BCUT2D eigenvalue weighted by atomic mass is 14.9. The zero-order valence-corrected chi connectivity index (χ0v) is 10.9. The van der Waals surface area contributed by atoms with Gasteiger partial charge >= 0.3 is 0 Å². The Bertz CT molecular complexity index is 145. The summed E-state index contributed by atoms with van der Waals surface area (Å²) in [6, 6.07) is 0. The van der Waals surface area contributed by atoms with Crippen molar-refractivity contribution in [1.29, 1.82) is 0 Å². The SMILES string of the molecule is CC(C)C(C)CNCC1CCCCCC1. The van der Waals surface area contributed by atoms with Gasteiger partial charge in [0.2, 0.25) is 0 Å². The highest BCUT2D eigenvalue weighted by molar-refractivity contribution is 4.68. The second-order valence-electron chi connectivity index (χ2n) is 5.74. The van der Waals surface area contributed by atoms with Gasteiger partial charge in [-0.3, -0.25) is 0 Å². The fourth-order valence-corrected chi connectivity index (χ4v) is 2.32. The van der Waals surface area contributed by atoms with Crippen LogP contribution in [0.25, 0.3) is 0 Å². The molecule has 0 aromatic heterocycles. The van der Waals surface area contributed by atoms with Gasteiger partial charge in [-0.15, -0.1) is 0 Å². The van der Waals surface area contributed by atoms with Crippen LogP contribution in [-0.2, 0) is 0 Å². The van der Waals surface area contributed by atoms with E-state index < -0.39 is 0 Å². The Kier molecular flexibility index (Phi) is 6.31. The first-order valence-corrected chi connectivity index (χ1v) is 6.91. The smallest absolute Gasteiger partial charge is 0.00204 e. The van der Waals surface area contributed by atoms with Crippen LogP contribution in [0.1, 0.15) is 59.3 Å². The van der Waals surface area contributed by atoms with Gasteiger partial charge < -0.3 is 5.32 Å². The molecule has 15 heavy (non-hydrogen) atoms. The van der Waals surface area contributed by atoms with Crippen molar-refractivity contribution < 1.29 is 0 Å². The summed E-state index contributed by atoms with van der Waals surface area (Å²) < 4.78 is 0. The lowest BCUT2D eigenvalue weighted by Gasteiger charge is -2.19. The molecule has 1 N–H and O–H groups in total. The normalized spacial score (nSPS) is 21.6. The third kappa shape index (κ3) is 5.55. The standard InChI is InChI=1S/C14H29N/c1-12(2)13(3)10-15-11-14-8-6-4-5-7-9-14/h12-15H,4-11H2,1-3H3. The highest BCUT2D eigenvalue weighted by Crippen LogP contribution is 2.22. The zero-order valence-electron chi connectivity index (χ0n) is 10.9. The summed E-state index contributed by atoms with van der Waals surface area (Å²) in [4.78, 5) is 0. The van der Waals surface area contributed by atoms with Gasteiger partial charge in [-0.2, -0.15) is 0 Å². The Morgan fingerprint density at radius 2 is 1.60 bits per heavy atom. The van der Waals surface area contributed by atoms with Crippen LogP contribution in [0.5, 0.6) is 0 Å². The van der Waals surface area contributed by atoms with Crippen LogP contribution >= 0.6 is 0 Å². The fourth-order valence-electron chi connectivity index (χ4n) is 2.32. The number of hydrogen-bond donors (Lipinski definition) is 1. The summed E-state index contributed by atoms with van der Waals surface area (Å²) in [5.41, 5.74) is 0. The Hall–Kier alpha value is -0.0400. The van der Waals surface area contributed by atoms with Crippen molar-refractivity contribution in [2.24, 2.45) is 17.8 Å². The van der Waals surface area contributed by atoms with Gasteiger partial charge in [0.05, 0.1) is 0 Å². The molecule has 1 fully saturated rings. The van der Waals surface area contributed by atoms with Crippen LogP contribution in [-0.4, -0.2) is 13.1 Å². The maximum absolute atomic E-state index is 3.66. The highest BCUT2D eigenvalue weighted by Gasteiger charge is 2.12. The van der Waals surface area contributed by atoms with E-state index in [1.807, 2.05) is 0 Å². The van der Waals surface area contributed by atoms with E-state index >= 15 is 0 Å². The van der Waals surface area contributed by atoms with E-state index in [1.165, 1.54) is 51.6 Å². The second-order valence-corrected chi connectivity index (χ2v) is 5.74. The summed E-state index contributed by atoms with van der Waals surface area (Å²) >= 11 is 0. The third-order valence-electron chi connectivity index (χ3n) is 4.01. The van der Waals surface area contributed by atoms with Crippen LogP contribution < -0.4 is 5.32 Å². The molecule has 1 unspecified atom stereocenters. The zero-order chi connectivity index (χ0) is 11.1. The first-order chi connectivity index (χ1) is 7.20. The van der Waals surface area contributed by atoms with Crippen LogP contribution in [0.3, 0.4) is 0 Å². The minimum Gasteiger partial charge on any atom is -0.316 e. The quantitative estimate of drug-likeness (QED) is 0.681. The molecule has 0 aliphatic heterocycles. The molecule has 0 spiro atoms. The topological polar surface area (TPSA) is 12.0 Å². The van der Waals surface area contributed by atoms with E-state index in [0.717, 1.165) is 17.8 Å². The van der Waals surface area contributed by atoms with Gasteiger partial charge in [0.1, 0.15) is 0 Å². The average molecular weight is 211 g/mol. The molecule has 1 heteroatoms. The molecule has 1 nitrogen and oxygen atoms in total. The second kappa shape index (κ2) is 7.27. The van der Waals surface area contributed by atoms with Gasteiger partial charge in [-0.05, 0) is 43.7 Å². The van der Waals surface area contributed by atoms with E-state index in [4.69, 9.17) is 0 Å². The van der Waals surface area contributed by atoms with E-state index in [2.05, 4.69) is 26.1 Å². The van der Waals surface area contributed by atoms with Gasteiger partial charge in [0.15, 0.2) is 0 Å². The monoisotopic (exact) mass is 211 g/mol. The largest absolute Gasteiger partial charge is 0.316 e. The molecule has 0 saturated heterocycles. The molecule has 1 rings (SSSR count). The van der Waals surface area contributed by atoms with Gasteiger partial charge in [-0.1, -0.05) is 46.5 Å². The molecule has 0 aromatic rings. The summed E-state index contributed by atoms with van der Waals surface area (Å²) in [7, 11) is 0. The van der Waals surface area contributed by atoms with E-state index in [0.29, 0.717) is 0 Å². The van der Waals surface area contributed by atoms with E-state index in [1.54, 1.807) is 0 Å². The van der Waals surface area contributed by atoms with Crippen LogP contribution in [0.4, 0.5) is 0 Å². The fraction of sp³-hybridized carbons (Fsp3) is 1.00. The molecule has 90 valence electrons. The van der Waals surface area contributed by atoms with Crippen molar-refractivity contribution in [1.82, 2.24) is 5.32 Å². The molecule has 0 bridgehead atoms. The lowest BCUT2D eigenvalue weighted by molar-refractivity contribution is 0.359. The summed E-state index contributed by atoms with van der Waals surface area (Å²) in [6.07, 6.45) is 8.79. The van der Waals surface area contributed by atoms with Crippen molar-refractivity contribution >= 4 is 0 Å². The molecule has 1 aliphatic rings. The lowest BCUT2D eigenvalue weighted by Crippen LogP contribution is -2.29. The molecule has 0 heterocycles. The number of rotatable bonds is 5. The first kappa shape index (κ1) is 13.0. The van der Waals surface area contributed by atoms with Crippen LogP contribution in [0, 0.1) is 17.8 Å². The van der Waals surface area contributed by atoms with Gasteiger partial charge in [0.25, 0.3) is 0 Å². The van der Waals surface area contributed by atoms with Crippen molar-refractivity contribution in [3.05, 3.63) is 0 Å². The molecule has 0 amide bonds. The predicted octanol–water partition coefficient (Wildman–Crippen LogP) is 3.84. The molecule has 0 radical (unpaired) electrons. The summed E-state index contributed by atoms with van der Waals surface area (Å²) in [6.45, 7) is 9.45. The first-order valence-electron chi connectivity index (χ1n) is 6.91. The average Bonchev–Trinajstić information content (AvgIpc) is 2.46. The van der Waals surface area contributed by atoms with Crippen molar-refractivity contribution in [2.75, 3.05) is 13.1 Å². The molecular weight excluding hydrogens is 182 g/mol. The van der Waals surface area contributed by atoms with E-state index in [-0.39, 0.29) is 0 Å². The number of hydrogen-bond acceptors (Lipinski definition) is 1. The Morgan fingerprint density at radius 3 is 2.13 bits per heavy atom. The summed E-state index contributed by atoms with van der Waals surface area (Å²) in [5.74, 6) is 2.59. The molecule has 1 saturated carbocycles. The number of nitrogens with one attached hydrogen (secondary N) is 1. The Labute approximate surface area is 96.0 Å². The molecule has 1 aliphatic carbocycles. The maximum Gasteiger partial charge on any atom is -0.00204 e. The van der Waals surface area contributed by atoms with Crippen molar-refractivity contribution in [3.8, 4) is 0 Å². The maximum atomic E-state index is 3.66. The molecular formula is C14H29N. The molecule has 1 atom stereocenters. The minimum atomic E-state index is 0.812. The summed E-state index contributed by atoms with van der Waals surface area (Å²) in [5, 5.41) is 3.66. The van der Waals surface area contributed by atoms with Crippen molar-refractivity contribution in [2.45, 2.75) is 59.3 Å². The lowest BCUT2D eigenvalue weighted by atomic mass is 9.97. The molecule has 0 aromatic carbocycles. The minimum absolute atomic E-state index is 0.812. The van der Waals surface area contributed by atoms with Gasteiger partial charge in [-0.25, -0.2) is 0 Å². The van der Waals surface area contributed by atoms with E-state index in [9.17, 15) is 0 Å². The van der Waals surface area contributed by atoms with Crippen LogP contribution in [0.15, 0.2) is 0 Å². The Morgan fingerprint density at radius 1 is 1.00 bits per heavy atom. The van der Waals surface area contributed by atoms with Gasteiger partial charge in [0, 0.05) is 0 Å². The van der Waals surface area contributed by atoms with Crippen molar-refractivity contribution in [3.63, 3.8) is 0 Å².